The Labute approximate surface area is 156 Å². The van der Waals surface area contributed by atoms with Crippen molar-refractivity contribution < 1.29 is 19.1 Å². The second-order valence-electron chi connectivity index (χ2n) is 5.82. The number of anilines is 1. The Hall–Kier alpha value is -3.61. The number of benzene rings is 2. The quantitative estimate of drug-likeness (QED) is 0.699. The number of aromatic nitrogens is 2. The summed E-state index contributed by atoms with van der Waals surface area (Å²) in [5, 5.41) is 6.85. The zero-order valence-corrected chi connectivity index (χ0v) is 15.2. The van der Waals surface area contributed by atoms with Crippen molar-refractivity contribution >= 4 is 17.6 Å². The molecule has 7 nitrogen and oxygen atoms in total. The molecule has 138 valence electrons. The first-order valence-electron chi connectivity index (χ1n) is 8.26. The second kappa shape index (κ2) is 7.74. The van der Waals surface area contributed by atoms with Gasteiger partial charge < -0.3 is 14.8 Å². The topological polar surface area (TPSA) is 82.5 Å². The molecule has 0 bridgehead atoms. The Bertz CT molecular complexity index is 980. The molecule has 0 fully saturated rings. The number of carbonyl (C=O) groups is 2. The summed E-state index contributed by atoms with van der Waals surface area (Å²) in [5.74, 6) is 0.209. The van der Waals surface area contributed by atoms with Gasteiger partial charge in [0.1, 0.15) is 11.5 Å². The number of hydrogen-bond acceptors (Lipinski definition) is 5. The molecule has 0 unspecified atom stereocenters. The van der Waals surface area contributed by atoms with Crippen molar-refractivity contribution in [1.29, 1.82) is 0 Å². The number of aryl methyl sites for hydroxylation is 1. The first kappa shape index (κ1) is 18.2. The van der Waals surface area contributed by atoms with E-state index in [0.29, 0.717) is 28.4 Å². The minimum Gasteiger partial charge on any atom is -0.464 e. The fraction of sp³-hybridized carbons (Fsp3) is 0.150. The second-order valence-corrected chi connectivity index (χ2v) is 5.82. The fourth-order valence-corrected chi connectivity index (χ4v) is 2.51. The van der Waals surface area contributed by atoms with Crippen molar-refractivity contribution in [3.05, 3.63) is 71.5 Å². The molecule has 1 aromatic heterocycles. The maximum atomic E-state index is 12.7. The van der Waals surface area contributed by atoms with E-state index < -0.39 is 5.97 Å². The molecule has 1 heterocycles. The number of hydrogen-bond donors (Lipinski definition) is 1. The van der Waals surface area contributed by atoms with Crippen molar-refractivity contribution in [2.45, 2.75) is 6.92 Å². The molecule has 0 radical (unpaired) electrons. The Kier molecular flexibility index (Phi) is 5.21. The van der Waals surface area contributed by atoms with E-state index in [2.05, 4.69) is 10.4 Å². The first-order valence-corrected chi connectivity index (χ1v) is 8.26. The molecule has 1 amide bonds. The molecule has 0 aliphatic carbocycles. The average Bonchev–Trinajstić information content (AvgIpc) is 2.96. The molecule has 0 spiro atoms. The van der Waals surface area contributed by atoms with Crippen LogP contribution in [0.4, 0.5) is 5.69 Å². The normalized spacial score (nSPS) is 10.3. The van der Waals surface area contributed by atoms with E-state index in [1.165, 1.54) is 11.8 Å². The van der Waals surface area contributed by atoms with Gasteiger partial charge in [0.2, 0.25) is 0 Å². The molecule has 0 aliphatic heterocycles. The lowest BCUT2D eigenvalue weighted by molar-refractivity contribution is 0.0594. The van der Waals surface area contributed by atoms with Gasteiger partial charge >= 0.3 is 5.97 Å². The SMILES string of the molecule is COC(=O)c1nn(C)c(C)c1NC(=O)c1cccc(Oc2ccccc2)c1. The van der Waals surface area contributed by atoms with Crippen molar-refractivity contribution in [2.75, 3.05) is 12.4 Å². The van der Waals surface area contributed by atoms with Gasteiger partial charge in [0.05, 0.1) is 18.5 Å². The summed E-state index contributed by atoms with van der Waals surface area (Å²) in [6, 6.07) is 16.1. The highest BCUT2D eigenvalue weighted by molar-refractivity contribution is 6.08. The molecule has 1 N–H and O–H groups in total. The van der Waals surface area contributed by atoms with Crippen molar-refractivity contribution in [3.8, 4) is 11.5 Å². The Morgan fingerprint density at radius 1 is 1.04 bits per heavy atom. The summed E-state index contributed by atoms with van der Waals surface area (Å²) in [7, 11) is 2.95. The molecule has 0 aliphatic rings. The van der Waals surface area contributed by atoms with Crippen LogP contribution in [0.2, 0.25) is 0 Å². The molecular formula is C20H19N3O4. The van der Waals surface area contributed by atoms with Crippen LogP contribution in [0, 0.1) is 6.92 Å². The van der Waals surface area contributed by atoms with Gasteiger partial charge in [0, 0.05) is 12.6 Å². The number of nitrogens with zero attached hydrogens (tertiary/aromatic N) is 2. The van der Waals surface area contributed by atoms with E-state index >= 15 is 0 Å². The molecule has 0 saturated carbocycles. The predicted molar refractivity (Wildman–Crippen MR) is 100 cm³/mol. The first-order chi connectivity index (χ1) is 13.0. The lowest BCUT2D eigenvalue weighted by Crippen LogP contribution is -2.15. The third-order valence-corrected chi connectivity index (χ3v) is 4.03. The Morgan fingerprint density at radius 3 is 2.44 bits per heavy atom. The lowest BCUT2D eigenvalue weighted by atomic mass is 10.2. The maximum absolute atomic E-state index is 12.7. The number of carbonyl (C=O) groups excluding carboxylic acids is 2. The zero-order valence-electron chi connectivity index (χ0n) is 15.2. The van der Waals surface area contributed by atoms with Crippen LogP contribution in [0.15, 0.2) is 54.6 Å². The number of ether oxygens (including phenoxy) is 2. The standard InChI is InChI=1S/C20H19N3O4/c1-13-17(18(20(25)26-3)22-23(13)2)21-19(24)14-8-7-11-16(12-14)27-15-9-5-4-6-10-15/h4-12H,1-3H3,(H,21,24). The van der Waals surface area contributed by atoms with Crippen LogP contribution >= 0.6 is 0 Å². The highest BCUT2D eigenvalue weighted by Crippen LogP contribution is 2.24. The van der Waals surface area contributed by atoms with Gasteiger partial charge in [-0.3, -0.25) is 9.48 Å². The summed E-state index contributed by atoms with van der Waals surface area (Å²) >= 11 is 0. The van der Waals surface area contributed by atoms with Gasteiger partial charge in [-0.05, 0) is 37.3 Å². The third-order valence-electron chi connectivity index (χ3n) is 4.03. The summed E-state index contributed by atoms with van der Waals surface area (Å²) in [4.78, 5) is 24.6. The summed E-state index contributed by atoms with van der Waals surface area (Å²) in [6.07, 6.45) is 0. The highest BCUT2D eigenvalue weighted by atomic mass is 16.5. The number of rotatable bonds is 5. The van der Waals surface area contributed by atoms with Crippen LogP contribution in [-0.4, -0.2) is 28.8 Å². The molecule has 27 heavy (non-hydrogen) atoms. The van der Waals surface area contributed by atoms with Crippen molar-refractivity contribution in [3.63, 3.8) is 0 Å². The number of methoxy groups -OCH3 is 1. The van der Waals surface area contributed by atoms with E-state index in [1.54, 1.807) is 38.2 Å². The van der Waals surface area contributed by atoms with Crippen LogP contribution in [0.1, 0.15) is 26.5 Å². The van der Waals surface area contributed by atoms with Gasteiger partial charge in [-0.1, -0.05) is 24.3 Å². The summed E-state index contributed by atoms with van der Waals surface area (Å²) < 4.78 is 12.0. The van der Waals surface area contributed by atoms with Gasteiger partial charge in [-0.15, -0.1) is 0 Å². The van der Waals surface area contributed by atoms with E-state index in [9.17, 15) is 9.59 Å². The molecular weight excluding hydrogens is 346 g/mol. The van der Waals surface area contributed by atoms with Crippen LogP contribution in [0.5, 0.6) is 11.5 Å². The fourth-order valence-electron chi connectivity index (χ4n) is 2.51. The molecule has 0 saturated heterocycles. The van der Waals surface area contributed by atoms with Crippen LogP contribution in [0.25, 0.3) is 0 Å². The monoisotopic (exact) mass is 365 g/mol. The van der Waals surface area contributed by atoms with Gasteiger partial charge in [-0.2, -0.15) is 5.10 Å². The van der Waals surface area contributed by atoms with E-state index in [1.807, 2.05) is 30.3 Å². The number of nitrogens with one attached hydrogen (secondary N) is 1. The molecule has 3 rings (SSSR count). The average molecular weight is 365 g/mol. The summed E-state index contributed by atoms with van der Waals surface area (Å²) in [5.41, 5.74) is 1.41. The van der Waals surface area contributed by atoms with Crippen LogP contribution < -0.4 is 10.1 Å². The lowest BCUT2D eigenvalue weighted by Gasteiger charge is -2.09. The largest absolute Gasteiger partial charge is 0.464 e. The minimum absolute atomic E-state index is 0.0579. The van der Waals surface area contributed by atoms with Crippen molar-refractivity contribution in [2.24, 2.45) is 7.05 Å². The van der Waals surface area contributed by atoms with Crippen LogP contribution in [-0.2, 0) is 11.8 Å². The number of para-hydroxylation sites is 1. The van der Waals surface area contributed by atoms with Gasteiger partial charge in [0.25, 0.3) is 5.91 Å². The Balaban J connectivity index is 1.83. The third kappa shape index (κ3) is 3.98. The van der Waals surface area contributed by atoms with Gasteiger partial charge in [-0.25, -0.2) is 4.79 Å². The smallest absolute Gasteiger partial charge is 0.360 e. The number of esters is 1. The number of amides is 1. The van der Waals surface area contributed by atoms with Crippen LogP contribution in [0.3, 0.4) is 0 Å². The molecule has 3 aromatic rings. The molecule has 7 heteroatoms. The maximum Gasteiger partial charge on any atom is 0.360 e. The molecule has 2 aromatic carbocycles. The summed E-state index contributed by atoms with van der Waals surface area (Å²) in [6.45, 7) is 1.75. The van der Waals surface area contributed by atoms with Gasteiger partial charge in [0.15, 0.2) is 5.69 Å². The minimum atomic E-state index is -0.616. The highest BCUT2D eigenvalue weighted by Gasteiger charge is 2.22. The van der Waals surface area contributed by atoms with E-state index in [0.717, 1.165) is 0 Å². The molecule has 0 atom stereocenters. The zero-order chi connectivity index (χ0) is 19.4. The predicted octanol–water partition coefficient (Wildman–Crippen LogP) is 3.56. The van der Waals surface area contributed by atoms with E-state index in [-0.39, 0.29) is 11.6 Å². The Morgan fingerprint density at radius 2 is 1.74 bits per heavy atom. The van der Waals surface area contributed by atoms with E-state index in [4.69, 9.17) is 9.47 Å². The van der Waals surface area contributed by atoms with Crippen molar-refractivity contribution in [1.82, 2.24) is 9.78 Å².